The molecule has 0 fully saturated rings. The molecule has 1 aromatic heterocycles. The molecule has 0 atom stereocenters. The van der Waals surface area contributed by atoms with E-state index in [1.807, 2.05) is 6.92 Å². The fourth-order valence-electron chi connectivity index (χ4n) is 2.44. The van der Waals surface area contributed by atoms with E-state index < -0.39 is 0 Å². The molecule has 0 aliphatic rings. The molecule has 0 aliphatic carbocycles. The summed E-state index contributed by atoms with van der Waals surface area (Å²) in [5, 5.41) is 13.7. The van der Waals surface area contributed by atoms with Gasteiger partial charge in [0, 0.05) is 23.9 Å². The SMILES string of the molecule is CCOc1ccc(NC(=O)CSc2nnc(-c3cccc(NC(C)=O)c3)o2)cc1. The second-order valence-electron chi connectivity index (χ2n) is 5.93. The number of nitrogens with zero attached hydrogens (tertiary/aromatic N) is 2. The zero-order valence-electron chi connectivity index (χ0n) is 16.0. The zero-order chi connectivity index (χ0) is 20.6. The Bertz CT molecular complexity index is 988. The van der Waals surface area contributed by atoms with Gasteiger partial charge in [0.15, 0.2) is 0 Å². The lowest BCUT2D eigenvalue weighted by molar-refractivity contribution is -0.114. The van der Waals surface area contributed by atoms with Gasteiger partial charge in [0.05, 0.1) is 12.4 Å². The third-order valence-electron chi connectivity index (χ3n) is 3.61. The normalized spacial score (nSPS) is 10.4. The summed E-state index contributed by atoms with van der Waals surface area (Å²) in [5.41, 5.74) is 1.99. The van der Waals surface area contributed by atoms with Gasteiger partial charge in [-0.1, -0.05) is 17.8 Å². The molecule has 3 aromatic rings. The Hall–Kier alpha value is -3.33. The van der Waals surface area contributed by atoms with Gasteiger partial charge in [0.1, 0.15) is 5.75 Å². The van der Waals surface area contributed by atoms with Crippen LogP contribution >= 0.6 is 11.8 Å². The molecule has 8 nitrogen and oxygen atoms in total. The molecule has 9 heteroatoms. The molecule has 0 aliphatic heterocycles. The summed E-state index contributed by atoms with van der Waals surface area (Å²) in [6.45, 7) is 3.94. The lowest BCUT2D eigenvalue weighted by atomic mass is 10.2. The molecule has 0 saturated heterocycles. The molecule has 150 valence electrons. The maximum absolute atomic E-state index is 12.1. The monoisotopic (exact) mass is 412 g/mol. The van der Waals surface area contributed by atoms with Gasteiger partial charge in [-0.15, -0.1) is 10.2 Å². The number of benzene rings is 2. The summed E-state index contributed by atoms with van der Waals surface area (Å²) in [6, 6.07) is 14.2. The van der Waals surface area contributed by atoms with Crippen LogP contribution < -0.4 is 15.4 Å². The highest BCUT2D eigenvalue weighted by atomic mass is 32.2. The van der Waals surface area contributed by atoms with E-state index in [1.165, 1.54) is 6.92 Å². The van der Waals surface area contributed by atoms with E-state index in [1.54, 1.807) is 48.5 Å². The van der Waals surface area contributed by atoms with Gasteiger partial charge in [0.25, 0.3) is 5.22 Å². The number of carbonyl (C=O) groups is 2. The molecular formula is C20H20N4O4S. The highest BCUT2D eigenvalue weighted by molar-refractivity contribution is 7.99. The van der Waals surface area contributed by atoms with Crippen molar-refractivity contribution in [3.63, 3.8) is 0 Å². The first-order chi connectivity index (χ1) is 14.0. The Morgan fingerprint density at radius 2 is 1.86 bits per heavy atom. The third-order valence-corrected chi connectivity index (χ3v) is 4.43. The fraction of sp³-hybridized carbons (Fsp3) is 0.200. The van der Waals surface area contributed by atoms with Gasteiger partial charge in [-0.05, 0) is 49.4 Å². The summed E-state index contributed by atoms with van der Waals surface area (Å²) in [5.74, 6) is 0.835. The first-order valence-electron chi connectivity index (χ1n) is 8.90. The van der Waals surface area contributed by atoms with E-state index in [-0.39, 0.29) is 22.8 Å². The van der Waals surface area contributed by atoms with Gasteiger partial charge >= 0.3 is 0 Å². The molecule has 0 radical (unpaired) electrons. The Labute approximate surface area is 172 Å². The van der Waals surface area contributed by atoms with E-state index >= 15 is 0 Å². The minimum atomic E-state index is -0.188. The maximum Gasteiger partial charge on any atom is 0.277 e. The van der Waals surface area contributed by atoms with E-state index in [0.29, 0.717) is 29.4 Å². The van der Waals surface area contributed by atoms with Crippen molar-refractivity contribution in [3.05, 3.63) is 48.5 Å². The van der Waals surface area contributed by atoms with Crippen LogP contribution in [0.15, 0.2) is 58.2 Å². The molecular weight excluding hydrogens is 392 g/mol. The number of hydrogen-bond donors (Lipinski definition) is 2. The van der Waals surface area contributed by atoms with Crippen LogP contribution in [0.1, 0.15) is 13.8 Å². The van der Waals surface area contributed by atoms with Crippen molar-refractivity contribution in [1.29, 1.82) is 0 Å². The van der Waals surface area contributed by atoms with Crippen LogP contribution in [0.25, 0.3) is 11.5 Å². The topological polar surface area (TPSA) is 106 Å². The average molecular weight is 412 g/mol. The predicted octanol–water partition coefficient (Wildman–Crippen LogP) is 3.82. The number of rotatable bonds is 8. The summed E-state index contributed by atoms with van der Waals surface area (Å²) in [4.78, 5) is 23.3. The van der Waals surface area contributed by atoms with Crippen LogP contribution in [0.5, 0.6) is 5.75 Å². The first kappa shape index (κ1) is 20.4. The molecule has 0 bridgehead atoms. The van der Waals surface area contributed by atoms with Crippen LogP contribution in [0.4, 0.5) is 11.4 Å². The van der Waals surface area contributed by atoms with Crippen molar-refractivity contribution in [2.75, 3.05) is 23.0 Å². The van der Waals surface area contributed by atoms with Gasteiger partial charge < -0.3 is 19.8 Å². The van der Waals surface area contributed by atoms with Crippen molar-refractivity contribution in [3.8, 4) is 17.2 Å². The van der Waals surface area contributed by atoms with Crippen LogP contribution in [-0.4, -0.2) is 34.4 Å². The molecule has 29 heavy (non-hydrogen) atoms. The van der Waals surface area contributed by atoms with E-state index in [4.69, 9.17) is 9.15 Å². The van der Waals surface area contributed by atoms with Crippen molar-refractivity contribution in [2.24, 2.45) is 0 Å². The largest absolute Gasteiger partial charge is 0.494 e. The van der Waals surface area contributed by atoms with Crippen molar-refractivity contribution < 1.29 is 18.7 Å². The Balaban J connectivity index is 1.55. The van der Waals surface area contributed by atoms with Crippen LogP contribution in [0.2, 0.25) is 0 Å². The lowest BCUT2D eigenvalue weighted by Gasteiger charge is -2.06. The van der Waals surface area contributed by atoms with Crippen molar-refractivity contribution in [1.82, 2.24) is 10.2 Å². The highest BCUT2D eigenvalue weighted by Crippen LogP contribution is 2.25. The number of anilines is 2. The number of ether oxygens (including phenoxy) is 1. The molecule has 2 aromatic carbocycles. The summed E-state index contributed by atoms with van der Waals surface area (Å²) < 4.78 is 11.0. The predicted molar refractivity (Wildman–Crippen MR) is 111 cm³/mol. The number of amides is 2. The van der Waals surface area contributed by atoms with E-state index in [2.05, 4.69) is 20.8 Å². The molecule has 2 N–H and O–H groups in total. The number of nitrogens with one attached hydrogen (secondary N) is 2. The standard InChI is InChI=1S/C20H20N4O4S/c1-3-27-17-9-7-15(8-10-17)22-18(26)12-29-20-24-23-19(28-20)14-5-4-6-16(11-14)21-13(2)25/h4-11H,3,12H2,1-2H3,(H,21,25)(H,22,26). The van der Waals surface area contributed by atoms with Crippen molar-refractivity contribution in [2.45, 2.75) is 19.1 Å². The average Bonchev–Trinajstić information content (AvgIpc) is 3.17. The second-order valence-corrected chi connectivity index (χ2v) is 6.86. The first-order valence-corrected chi connectivity index (χ1v) is 9.89. The van der Waals surface area contributed by atoms with E-state index in [0.717, 1.165) is 17.5 Å². The summed E-state index contributed by atoms with van der Waals surface area (Å²) in [7, 11) is 0. The van der Waals surface area contributed by atoms with Gasteiger partial charge in [-0.3, -0.25) is 9.59 Å². The number of carbonyl (C=O) groups excluding carboxylic acids is 2. The van der Waals surface area contributed by atoms with Crippen LogP contribution in [-0.2, 0) is 9.59 Å². The van der Waals surface area contributed by atoms with Gasteiger partial charge in [-0.25, -0.2) is 0 Å². The second kappa shape index (κ2) is 9.74. The molecule has 0 saturated carbocycles. The van der Waals surface area contributed by atoms with Gasteiger partial charge in [0.2, 0.25) is 17.7 Å². The Morgan fingerprint density at radius 3 is 2.59 bits per heavy atom. The zero-order valence-corrected chi connectivity index (χ0v) is 16.8. The van der Waals surface area contributed by atoms with Crippen molar-refractivity contribution >= 4 is 35.0 Å². The summed E-state index contributed by atoms with van der Waals surface area (Å²) in [6.07, 6.45) is 0. The minimum absolute atomic E-state index is 0.126. The molecule has 0 spiro atoms. The minimum Gasteiger partial charge on any atom is -0.494 e. The lowest BCUT2D eigenvalue weighted by Crippen LogP contribution is -2.13. The number of thioether (sulfide) groups is 1. The number of hydrogen-bond acceptors (Lipinski definition) is 7. The molecule has 0 unspecified atom stereocenters. The molecule has 1 heterocycles. The van der Waals surface area contributed by atoms with Gasteiger partial charge in [-0.2, -0.15) is 0 Å². The maximum atomic E-state index is 12.1. The third kappa shape index (κ3) is 6.08. The Kier molecular flexibility index (Phi) is 6.85. The Morgan fingerprint density at radius 1 is 1.07 bits per heavy atom. The summed E-state index contributed by atoms with van der Waals surface area (Å²) >= 11 is 1.14. The highest BCUT2D eigenvalue weighted by Gasteiger charge is 2.12. The van der Waals surface area contributed by atoms with Crippen LogP contribution in [0, 0.1) is 0 Å². The fourth-order valence-corrected chi connectivity index (χ4v) is 3.01. The number of aromatic nitrogens is 2. The van der Waals surface area contributed by atoms with Crippen LogP contribution in [0.3, 0.4) is 0 Å². The van der Waals surface area contributed by atoms with E-state index in [9.17, 15) is 9.59 Å². The smallest absolute Gasteiger partial charge is 0.277 e. The molecule has 2 amide bonds. The molecule has 3 rings (SSSR count). The quantitative estimate of drug-likeness (QED) is 0.542.